The van der Waals surface area contributed by atoms with E-state index in [9.17, 15) is 4.79 Å². The molecule has 0 aliphatic carbocycles. The van der Waals surface area contributed by atoms with Gasteiger partial charge >= 0.3 is 0 Å². The van der Waals surface area contributed by atoms with Crippen molar-refractivity contribution in [2.75, 3.05) is 12.4 Å². The third-order valence-corrected chi connectivity index (χ3v) is 3.08. The van der Waals surface area contributed by atoms with Crippen molar-refractivity contribution >= 4 is 11.6 Å². The van der Waals surface area contributed by atoms with Gasteiger partial charge in [-0.3, -0.25) is 9.48 Å². The Morgan fingerprint density at radius 3 is 2.95 bits per heavy atom. The molecule has 1 amide bonds. The molecular formula is C15H20N4O2. The molecule has 112 valence electrons. The standard InChI is InChI=1S/C15H20N4O2/c1-11(18-13-9-17-19(2)10-13)15(20)16-8-12-5-4-6-14(7-12)21-3/h4-7,9-11,18H,8H2,1-3H3,(H,16,20). The van der Waals surface area contributed by atoms with Crippen LogP contribution in [0, 0.1) is 0 Å². The molecule has 1 heterocycles. The van der Waals surface area contributed by atoms with Crippen LogP contribution in [0.5, 0.6) is 5.75 Å². The first-order chi connectivity index (χ1) is 10.1. The van der Waals surface area contributed by atoms with E-state index >= 15 is 0 Å². The SMILES string of the molecule is COc1cccc(CNC(=O)C(C)Nc2cnn(C)c2)c1. The molecule has 1 aromatic carbocycles. The highest BCUT2D eigenvalue weighted by Gasteiger charge is 2.12. The van der Waals surface area contributed by atoms with Gasteiger partial charge in [-0.2, -0.15) is 5.10 Å². The maximum Gasteiger partial charge on any atom is 0.242 e. The predicted molar refractivity (Wildman–Crippen MR) is 81.1 cm³/mol. The second-order valence-corrected chi connectivity index (χ2v) is 4.84. The lowest BCUT2D eigenvalue weighted by Crippen LogP contribution is -2.37. The molecule has 0 saturated carbocycles. The number of hydrogen-bond acceptors (Lipinski definition) is 4. The van der Waals surface area contributed by atoms with Gasteiger partial charge in [0.05, 0.1) is 19.0 Å². The average Bonchev–Trinajstić information content (AvgIpc) is 2.90. The van der Waals surface area contributed by atoms with Crippen molar-refractivity contribution in [3.05, 3.63) is 42.2 Å². The number of methoxy groups -OCH3 is 1. The van der Waals surface area contributed by atoms with Crippen LogP contribution in [0.15, 0.2) is 36.7 Å². The monoisotopic (exact) mass is 288 g/mol. The molecule has 0 radical (unpaired) electrons. The molecule has 1 aromatic heterocycles. The van der Waals surface area contributed by atoms with Crippen molar-refractivity contribution in [2.24, 2.45) is 7.05 Å². The van der Waals surface area contributed by atoms with Gasteiger partial charge in [-0.05, 0) is 24.6 Å². The quantitative estimate of drug-likeness (QED) is 0.846. The third-order valence-electron chi connectivity index (χ3n) is 3.08. The number of ether oxygens (including phenoxy) is 1. The number of aromatic nitrogens is 2. The Morgan fingerprint density at radius 2 is 2.29 bits per heavy atom. The van der Waals surface area contributed by atoms with E-state index < -0.39 is 0 Å². The molecule has 1 unspecified atom stereocenters. The topological polar surface area (TPSA) is 68.2 Å². The highest BCUT2D eigenvalue weighted by molar-refractivity contribution is 5.84. The summed E-state index contributed by atoms with van der Waals surface area (Å²) in [6, 6.07) is 7.29. The molecule has 1 atom stereocenters. The smallest absolute Gasteiger partial charge is 0.242 e. The van der Waals surface area contributed by atoms with Crippen LogP contribution in [-0.4, -0.2) is 28.8 Å². The van der Waals surface area contributed by atoms with Crippen LogP contribution in [0.25, 0.3) is 0 Å². The summed E-state index contributed by atoms with van der Waals surface area (Å²) in [5.41, 5.74) is 1.82. The van der Waals surface area contributed by atoms with Crippen molar-refractivity contribution < 1.29 is 9.53 Å². The second-order valence-electron chi connectivity index (χ2n) is 4.84. The fourth-order valence-corrected chi connectivity index (χ4v) is 1.94. The average molecular weight is 288 g/mol. The molecule has 0 fully saturated rings. The molecule has 0 spiro atoms. The fourth-order valence-electron chi connectivity index (χ4n) is 1.94. The summed E-state index contributed by atoms with van der Waals surface area (Å²) in [6.45, 7) is 2.28. The molecule has 0 aliphatic rings. The van der Waals surface area contributed by atoms with Crippen molar-refractivity contribution in [2.45, 2.75) is 19.5 Å². The highest BCUT2D eigenvalue weighted by atomic mass is 16.5. The third kappa shape index (κ3) is 4.24. The Kier molecular flexibility index (Phi) is 4.81. The highest BCUT2D eigenvalue weighted by Crippen LogP contribution is 2.12. The van der Waals surface area contributed by atoms with Crippen LogP contribution >= 0.6 is 0 Å². The van der Waals surface area contributed by atoms with Gasteiger partial charge in [-0.15, -0.1) is 0 Å². The van der Waals surface area contributed by atoms with E-state index in [1.54, 1.807) is 18.0 Å². The van der Waals surface area contributed by atoms with Crippen molar-refractivity contribution in [1.82, 2.24) is 15.1 Å². The number of amides is 1. The van der Waals surface area contributed by atoms with Crippen LogP contribution in [0.2, 0.25) is 0 Å². The maximum atomic E-state index is 12.0. The van der Waals surface area contributed by atoms with Gasteiger partial charge in [0.1, 0.15) is 11.8 Å². The number of carbonyl (C=O) groups is 1. The first kappa shape index (κ1) is 14.9. The summed E-state index contributed by atoms with van der Waals surface area (Å²) in [7, 11) is 3.45. The minimum atomic E-state index is -0.334. The second kappa shape index (κ2) is 6.78. The molecule has 0 bridgehead atoms. The van der Waals surface area contributed by atoms with Gasteiger partial charge in [0.2, 0.25) is 5.91 Å². The van der Waals surface area contributed by atoms with Gasteiger partial charge in [0.15, 0.2) is 0 Å². The lowest BCUT2D eigenvalue weighted by Gasteiger charge is -2.14. The minimum Gasteiger partial charge on any atom is -0.497 e. The summed E-state index contributed by atoms with van der Waals surface area (Å²) in [5, 5.41) is 10.0. The number of aryl methyl sites for hydroxylation is 1. The van der Waals surface area contributed by atoms with Gasteiger partial charge in [0, 0.05) is 19.8 Å². The number of anilines is 1. The van der Waals surface area contributed by atoms with Gasteiger partial charge < -0.3 is 15.4 Å². The molecule has 2 aromatic rings. The number of hydrogen-bond donors (Lipinski definition) is 2. The molecule has 0 aliphatic heterocycles. The zero-order valence-corrected chi connectivity index (χ0v) is 12.5. The Labute approximate surface area is 124 Å². The van der Waals surface area contributed by atoms with Crippen molar-refractivity contribution in [1.29, 1.82) is 0 Å². The largest absolute Gasteiger partial charge is 0.497 e. The summed E-state index contributed by atoms with van der Waals surface area (Å²) >= 11 is 0. The van der Waals surface area contributed by atoms with Gasteiger partial charge in [0.25, 0.3) is 0 Å². The molecule has 2 N–H and O–H groups in total. The Morgan fingerprint density at radius 1 is 1.48 bits per heavy atom. The van der Waals surface area contributed by atoms with Crippen LogP contribution in [0.3, 0.4) is 0 Å². The Bertz CT molecular complexity index is 609. The van der Waals surface area contributed by atoms with Crippen LogP contribution in [-0.2, 0) is 18.4 Å². The van der Waals surface area contributed by atoms with Gasteiger partial charge in [-0.25, -0.2) is 0 Å². The fraction of sp³-hybridized carbons (Fsp3) is 0.333. The number of nitrogens with one attached hydrogen (secondary N) is 2. The normalized spacial score (nSPS) is 11.8. The van der Waals surface area contributed by atoms with Crippen LogP contribution in [0.4, 0.5) is 5.69 Å². The summed E-state index contributed by atoms with van der Waals surface area (Å²) < 4.78 is 6.84. The van der Waals surface area contributed by atoms with Crippen LogP contribution in [0.1, 0.15) is 12.5 Å². The van der Waals surface area contributed by atoms with Crippen molar-refractivity contribution in [3.63, 3.8) is 0 Å². The van der Waals surface area contributed by atoms with Crippen molar-refractivity contribution in [3.8, 4) is 5.75 Å². The van der Waals surface area contributed by atoms with Gasteiger partial charge in [-0.1, -0.05) is 12.1 Å². The van der Waals surface area contributed by atoms with E-state index in [4.69, 9.17) is 4.74 Å². The molecule has 2 rings (SSSR count). The Hall–Kier alpha value is -2.50. The van der Waals surface area contributed by atoms with E-state index in [-0.39, 0.29) is 11.9 Å². The maximum absolute atomic E-state index is 12.0. The molecule has 21 heavy (non-hydrogen) atoms. The van der Waals surface area contributed by atoms with Crippen LogP contribution < -0.4 is 15.4 Å². The van der Waals surface area contributed by atoms with E-state index in [1.165, 1.54) is 0 Å². The molecular weight excluding hydrogens is 268 g/mol. The lowest BCUT2D eigenvalue weighted by molar-refractivity contribution is -0.121. The first-order valence-corrected chi connectivity index (χ1v) is 6.74. The first-order valence-electron chi connectivity index (χ1n) is 6.74. The van der Waals surface area contributed by atoms with E-state index in [2.05, 4.69) is 15.7 Å². The minimum absolute atomic E-state index is 0.0679. The molecule has 6 nitrogen and oxygen atoms in total. The summed E-state index contributed by atoms with van der Waals surface area (Å²) in [5.74, 6) is 0.713. The molecule has 0 saturated heterocycles. The predicted octanol–water partition coefficient (Wildman–Crippen LogP) is 1.55. The number of benzene rings is 1. The zero-order valence-electron chi connectivity index (χ0n) is 12.5. The zero-order chi connectivity index (χ0) is 15.2. The van der Waals surface area contributed by atoms with E-state index in [0.29, 0.717) is 6.54 Å². The Balaban J connectivity index is 1.85. The number of rotatable bonds is 6. The van der Waals surface area contributed by atoms with E-state index in [0.717, 1.165) is 17.0 Å². The molecule has 6 heteroatoms. The summed E-state index contributed by atoms with van der Waals surface area (Å²) in [4.78, 5) is 12.0. The lowest BCUT2D eigenvalue weighted by atomic mass is 10.2. The number of carbonyl (C=O) groups excluding carboxylic acids is 1. The summed E-state index contributed by atoms with van der Waals surface area (Å²) in [6.07, 6.45) is 3.51. The van der Waals surface area contributed by atoms with E-state index in [1.807, 2.05) is 44.4 Å². The number of nitrogens with zero attached hydrogens (tertiary/aromatic N) is 2.